The van der Waals surface area contributed by atoms with Crippen LogP contribution in [0, 0.1) is 5.92 Å². The highest BCUT2D eigenvalue weighted by molar-refractivity contribution is 5.72. The van der Waals surface area contributed by atoms with E-state index in [1.54, 1.807) is 0 Å². The van der Waals surface area contributed by atoms with Crippen molar-refractivity contribution in [2.45, 2.75) is 32.9 Å². The van der Waals surface area contributed by atoms with E-state index >= 15 is 0 Å². The van der Waals surface area contributed by atoms with E-state index in [1.807, 2.05) is 12.1 Å². The van der Waals surface area contributed by atoms with Crippen LogP contribution in [0.15, 0.2) is 60.7 Å². The standard InChI is InChI=1S/C23H32N2O2/c1-3-4-15-24-16-22(23(26)27-2)19-25(17-20-11-7-5-8-12-20)18-21-13-9-6-10-14-21/h5-14,22,24H,3-4,15-19H2,1-2H3. The van der Waals surface area contributed by atoms with Gasteiger partial charge in [0.2, 0.25) is 0 Å². The van der Waals surface area contributed by atoms with E-state index in [0.717, 1.165) is 32.5 Å². The van der Waals surface area contributed by atoms with E-state index in [4.69, 9.17) is 4.74 Å². The average molecular weight is 369 g/mol. The van der Waals surface area contributed by atoms with Crippen molar-refractivity contribution in [3.63, 3.8) is 0 Å². The van der Waals surface area contributed by atoms with Crippen molar-refractivity contribution in [2.75, 3.05) is 26.7 Å². The van der Waals surface area contributed by atoms with Gasteiger partial charge in [0.1, 0.15) is 0 Å². The highest BCUT2D eigenvalue weighted by atomic mass is 16.5. The summed E-state index contributed by atoms with van der Waals surface area (Å²) in [6, 6.07) is 20.8. The Balaban J connectivity index is 2.07. The zero-order valence-corrected chi connectivity index (χ0v) is 16.6. The van der Waals surface area contributed by atoms with Crippen LogP contribution >= 0.6 is 0 Å². The first-order valence-electron chi connectivity index (χ1n) is 9.81. The molecule has 2 rings (SSSR count). The summed E-state index contributed by atoms with van der Waals surface area (Å²) in [6.07, 6.45) is 2.26. The summed E-state index contributed by atoms with van der Waals surface area (Å²) in [5.74, 6) is -0.329. The number of unbranched alkanes of at least 4 members (excludes halogenated alkanes) is 1. The van der Waals surface area contributed by atoms with Crippen molar-refractivity contribution in [3.05, 3.63) is 71.8 Å². The lowest BCUT2D eigenvalue weighted by atomic mass is 10.1. The number of carbonyl (C=O) groups excluding carboxylic acids is 1. The molecule has 1 N–H and O–H groups in total. The molecule has 0 radical (unpaired) electrons. The maximum absolute atomic E-state index is 12.3. The molecular weight excluding hydrogens is 336 g/mol. The Morgan fingerprint density at radius 2 is 1.56 bits per heavy atom. The smallest absolute Gasteiger partial charge is 0.311 e. The molecule has 0 bridgehead atoms. The van der Waals surface area contributed by atoms with E-state index < -0.39 is 0 Å². The first kappa shape index (κ1) is 21.1. The summed E-state index contributed by atoms with van der Waals surface area (Å²) >= 11 is 0. The minimum Gasteiger partial charge on any atom is -0.469 e. The van der Waals surface area contributed by atoms with E-state index in [9.17, 15) is 4.79 Å². The lowest BCUT2D eigenvalue weighted by Crippen LogP contribution is -2.39. The van der Waals surface area contributed by atoms with Crippen LogP contribution in [0.3, 0.4) is 0 Å². The first-order chi connectivity index (χ1) is 13.2. The summed E-state index contributed by atoms with van der Waals surface area (Å²) in [4.78, 5) is 14.7. The number of benzene rings is 2. The molecule has 1 unspecified atom stereocenters. The molecule has 2 aromatic rings. The highest BCUT2D eigenvalue weighted by Gasteiger charge is 2.22. The molecule has 0 spiro atoms. The molecule has 4 nitrogen and oxygen atoms in total. The number of ether oxygens (including phenoxy) is 1. The predicted octanol–water partition coefficient (Wildman–Crippen LogP) is 3.87. The Morgan fingerprint density at radius 3 is 2.04 bits per heavy atom. The third-order valence-corrected chi connectivity index (χ3v) is 4.61. The number of methoxy groups -OCH3 is 1. The van der Waals surface area contributed by atoms with E-state index in [-0.39, 0.29) is 11.9 Å². The molecule has 0 heterocycles. The van der Waals surface area contributed by atoms with Crippen LogP contribution in [-0.2, 0) is 22.6 Å². The Kier molecular flexibility index (Phi) is 9.60. The second-order valence-corrected chi connectivity index (χ2v) is 6.92. The van der Waals surface area contributed by atoms with Gasteiger partial charge in [-0.3, -0.25) is 9.69 Å². The number of carbonyl (C=O) groups is 1. The number of nitrogens with zero attached hydrogens (tertiary/aromatic N) is 1. The molecule has 146 valence electrons. The van der Waals surface area contributed by atoms with Gasteiger partial charge < -0.3 is 10.1 Å². The van der Waals surface area contributed by atoms with Crippen LogP contribution in [0.1, 0.15) is 30.9 Å². The van der Waals surface area contributed by atoms with Gasteiger partial charge in [-0.25, -0.2) is 0 Å². The molecule has 0 amide bonds. The maximum Gasteiger partial charge on any atom is 0.311 e. The van der Waals surface area contributed by atoms with Crippen LogP contribution in [0.25, 0.3) is 0 Å². The number of hydrogen-bond donors (Lipinski definition) is 1. The van der Waals surface area contributed by atoms with Gasteiger partial charge >= 0.3 is 5.97 Å². The molecule has 0 aliphatic rings. The lowest BCUT2D eigenvalue weighted by Gasteiger charge is -2.27. The number of nitrogens with one attached hydrogen (secondary N) is 1. The van der Waals surface area contributed by atoms with Gasteiger partial charge in [0.05, 0.1) is 13.0 Å². The second-order valence-electron chi connectivity index (χ2n) is 6.92. The summed E-state index contributed by atoms with van der Waals surface area (Å²) < 4.78 is 5.07. The highest BCUT2D eigenvalue weighted by Crippen LogP contribution is 2.13. The molecular formula is C23H32N2O2. The molecule has 0 aliphatic heterocycles. The molecule has 0 saturated carbocycles. The minimum atomic E-state index is -0.181. The van der Waals surface area contributed by atoms with Crippen LogP contribution in [0.2, 0.25) is 0 Å². The van der Waals surface area contributed by atoms with Crippen molar-refractivity contribution in [1.29, 1.82) is 0 Å². The molecule has 1 atom stereocenters. The third-order valence-electron chi connectivity index (χ3n) is 4.61. The molecule has 0 fully saturated rings. The van der Waals surface area contributed by atoms with Crippen LogP contribution in [0.4, 0.5) is 0 Å². The monoisotopic (exact) mass is 368 g/mol. The van der Waals surface area contributed by atoms with Crippen LogP contribution < -0.4 is 5.32 Å². The molecule has 0 aliphatic carbocycles. The maximum atomic E-state index is 12.3. The lowest BCUT2D eigenvalue weighted by molar-refractivity contribution is -0.146. The van der Waals surface area contributed by atoms with E-state index in [0.29, 0.717) is 13.1 Å². The van der Waals surface area contributed by atoms with Crippen LogP contribution in [0.5, 0.6) is 0 Å². The summed E-state index contributed by atoms with van der Waals surface area (Å²) in [5.41, 5.74) is 2.49. The largest absolute Gasteiger partial charge is 0.469 e. The zero-order valence-electron chi connectivity index (χ0n) is 16.6. The van der Waals surface area contributed by atoms with Crippen molar-refractivity contribution in [2.24, 2.45) is 5.92 Å². The Labute approximate surface area is 163 Å². The number of hydrogen-bond acceptors (Lipinski definition) is 4. The third kappa shape index (κ3) is 7.94. The molecule has 0 aromatic heterocycles. The fourth-order valence-corrected chi connectivity index (χ4v) is 3.15. The van der Waals surface area contributed by atoms with Crippen molar-refractivity contribution in [3.8, 4) is 0 Å². The molecule has 2 aromatic carbocycles. The Morgan fingerprint density at radius 1 is 1.00 bits per heavy atom. The molecule has 4 heteroatoms. The fraction of sp³-hybridized carbons (Fsp3) is 0.435. The van der Waals surface area contributed by atoms with Gasteiger partial charge in [-0.15, -0.1) is 0 Å². The minimum absolute atomic E-state index is 0.148. The average Bonchev–Trinajstić information content (AvgIpc) is 2.71. The number of rotatable bonds is 12. The normalized spacial score (nSPS) is 12.1. The van der Waals surface area contributed by atoms with Crippen LogP contribution in [-0.4, -0.2) is 37.6 Å². The first-order valence-corrected chi connectivity index (χ1v) is 9.81. The van der Waals surface area contributed by atoms with Crippen molar-refractivity contribution in [1.82, 2.24) is 10.2 Å². The molecule has 0 saturated heterocycles. The van der Waals surface area contributed by atoms with Gasteiger partial charge in [0.15, 0.2) is 0 Å². The summed E-state index contributed by atoms with van der Waals surface area (Å²) in [5, 5.41) is 3.41. The fourth-order valence-electron chi connectivity index (χ4n) is 3.15. The summed E-state index contributed by atoms with van der Waals surface area (Å²) in [6.45, 7) is 6.01. The Hall–Kier alpha value is -2.17. The van der Waals surface area contributed by atoms with E-state index in [2.05, 4.69) is 65.7 Å². The van der Waals surface area contributed by atoms with Gasteiger partial charge in [-0.1, -0.05) is 74.0 Å². The summed E-state index contributed by atoms with van der Waals surface area (Å²) in [7, 11) is 1.47. The topological polar surface area (TPSA) is 41.6 Å². The number of esters is 1. The Bertz CT molecular complexity index is 604. The van der Waals surface area contributed by atoms with Crippen molar-refractivity contribution < 1.29 is 9.53 Å². The van der Waals surface area contributed by atoms with Gasteiger partial charge in [0, 0.05) is 26.2 Å². The molecule has 27 heavy (non-hydrogen) atoms. The zero-order chi connectivity index (χ0) is 19.3. The predicted molar refractivity (Wildman–Crippen MR) is 110 cm³/mol. The van der Waals surface area contributed by atoms with Gasteiger partial charge in [-0.05, 0) is 24.1 Å². The second kappa shape index (κ2) is 12.3. The SMILES string of the molecule is CCCCNCC(CN(Cc1ccccc1)Cc1ccccc1)C(=O)OC. The van der Waals surface area contributed by atoms with Gasteiger partial charge in [-0.2, -0.15) is 0 Å². The van der Waals surface area contributed by atoms with E-state index in [1.165, 1.54) is 18.2 Å². The quantitative estimate of drug-likeness (QED) is 0.456. The van der Waals surface area contributed by atoms with Gasteiger partial charge in [0.25, 0.3) is 0 Å². The van der Waals surface area contributed by atoms with Crippen molar-refractivity contribution >= 4 is 5.97 Å².